The molecule has 4 nitrogen and oxygen atoms in total. The lowest BCUT2D eigenvalue weighted by molar-refractivity contribution is 1.10. The molecule has 3 rings (SSSR count). The fourth-order valence-electron chi connectivity index (χ4n) is 1.47. The summed E-state index contributed by atoms with van der Waals surface area (Å²) in [7, 11) is 0. The lowest BCUT2D eigenvalue weighted by Crippen LogP contribution is -1.99. The predicted molar refractivity (Wildman–Crippen MR) is 74.8 cm³/mol. The van der Waals surface area contributed by atoms with Crippen LogP contribution in [0.25, 0.3) is 9.88 Å². The maximum atomic E-state index is 4.42. The quantitative estimate of drug-likeness (QED) is 0.793. The Morgan fingerprint density at radius 1 is 1.17 bits per heavy atom. The summed E-state index contributed by atoms with van der Waals surface area (Å²) in [6, 6.07) is 4.13. The number of nitrogens with one attached hydrogen (secondary N) is 1. The molecule has 3 heterocycles. The van der Waals surface area contributed by atoms with Crippen LogP contribution in [0.15, 0.2) is 42.3 Å². The molecule has 6 heteroatoms. The van der Waals surface area contributed by atoms with Crippen LogP contribution < -0.4 is 5.32 Å². The lowest BCUT2D eigenvalue weighted by Gasteiger charge is -2.01. The molecule has 0 aromatic carbocycles. The van der Waals surface area contributed by atoms with Crippen molar-refractivity contribution < 1.29 is 0 Å². The number of anilines is 1. The molecule has 18 heavy (non-hydrogen) atoms. The molecule has 0 aliphatic carbocycles. The van der Waals surface area contributed by atoms with Crippen molar-refractivity contribution >= 4 is 28.5 Å². The smallest absolute Gasteiger partial charge is 0.144 e. The average molecular weight is 274 g/mol. The van der Waals surface area contributed by atoms with Crippen molar-refractivity contribution in [2.45, 2.75) is 6.54 Å². The Labute approximate surface area is 112 Å². The van der Waals surface area contributed by atoms with E-state index in [0.29, 0.717) is 0 Å². The summed E-state index contributed by atoms with van der Waals surface area (Å²) in [6.45, 7) is 0.724. The van der Waals surface area contributed by atoms with Gasteiger partial charge in [-0.15, -0.1) is 22.7 Å². The Balaban J connectivity index is 1.68. The van der Waals surface area contributed by atoms with Gasteiger partial charge in [0.1, 0.15) is 10.8 Å². The summed E-state index contributed by atoms with van der Waals surface area (Å²) in [6.07, 6.45) is 6.95. The van der Waals surface area contributed by atoms with Crippen LogP contribution in [-0.4, -0.2) is 15.0 Å². The molecule has 0 amide bonds. The van der Waals surface area contributed by atoms with Gasteiger partial charge in [-0.05, 0) is 11.4 Å². The first-order chi connectivity index (χ1) is 8.92. The molecular formula is C12H10N4S2. The molecule has 3 aromatic rings. The van der Waals surface area contributed by atoms with E-state index in [9.17, 15) is 0 Å². The van der Waals surface area contributed by atoms with Crippen LogP contribution >= 0.6 is 22.7 Å². The van der Waals surface area contributed by atoms with E-state index in [0.717, 1.165) is 17.4 Å². The number of hydrogen-bond acceptors (Lipinski definition) is 6. The van der Waals surface area contributed by atoms with Gasteiger partial charge in [-0.2, -0.15) is 0 Å². The second-order valence-electron chi connectivity index (χ2n) is 3.55. The van der Waals surface area contributed by atoms with E-state index >= 15 is 0 Å². The first kappa shape index (κ1) is 11.3. The molecule has 0 fully saturated rings. The number of hydrogen-bond donors (Lipinski definition) is 1. The van der Waals surface area contributed by atoms with E-state index in [1.807, 2.05) is 12.3 Å². The standard InChI is InChI=1S/C12H10N4S2/c1-2-10(17-5-1)12-16-7-9(18-12)6-15-11-8-13-3-4-14-11/h1-5,7-8H,6H2,(H,14,15). The van der Waals surface area contributed by atoms with Crippen LogP contribution in [-0.2, 0) is 6.54 Å². The zero-order valence-electron chi connectivity index (χ0n) is 9.41. The molecule has 0 spiro atoms. The SMILES string of the molecule is c1csc(-c2ncc(CNc3cnccn3)s2)c1. The molecule has 1 N–H and O–H groups in total. The summed E-state index contributed by atoms with van der Waals surface area (Å²) in [5, 5.41) is 6.35. The van der Waals surface area contributed by atoms with Crippen LogP contribution in [0.2, 0.25) is 0 Å². The summed E-state index contributed by atoms with van der Waals surface area (Å²) in [5.41, 5.74) is 0. The highest BCUT2D eigenvalue weighted by molar-refractivity contribution is 7.20. The number of thiazole rings is 1. The Bertz CT molecular complexity index is 604. The summed E-state index contributed by atoms with van der Waals surface area (Å²) in [5.74, 6) is 0.781. The van der Waals surface area contributed by atoms with E-state index < -0.39 is 0 Å². The molecule has 0 bridgehead atoms. The average Bonchev–Trinajstić information content (AvgIpc) is 3.08. The van der Waals surface area contributed by atoms with Crippen molar-refractivity contribution in [2.75, 3.05) is 5.32 Å². The second-order valence-corrected chi connectivity index (χ2v) is 5.62. The highest BCUT2D eigenvalue weighted by Gasteiger charge is 2.05. The summed E-state index contributed by atoms with van der Waals surface area (Å²) in [4.78, 5) is 15.0. The van der Waals surface area contributed by atoms with E-state index in [1.165, 1.54) is 9.75 Å². The minimum atomic E-state index is 0.724. The van der Waals surface area contributed by atoms with Crippen LogP contribution in [0, 0.1) is 0 Å². The third-order valence-corrected chi connectivity index (χ3v) is 4.33. The van der Waals surface area contributed by atoms with Gasteiger partial charge in [0.15, 0.2) is 0 Å². The summed E-state index contributed by atoms with van der Waals surface area (Å²) < 4.78 is 0. The van der Waals surface area contributed by atoms with Crippen LogP contribution in [0.5, 0.6) is 0 Å². The van der Waals surface area contributed by atoms with Gasteiger partial charge >= 0.3 is 0 Å². The monoisotopic (exact) mass is 274 g/mol. The van der Waals surface area contributed by atoms with Crippen molar-refractivity contribution in [3.8, 4) is 9.88 Å². The second kappa shape index (κ2) is 5.24. The van der Waals surface area contributed by atoms with Gasteiger partial charge in [-0.25, -0.2) is 9.97 Å². The molecule has 0 unspecified atom stereocenters. The van der Waals surface area contributed by atoms with Crippen LogP contribution in [0.4, 0.5) is 5.82 Å². The normalized spacial score (nSPS) is 10.4. The van der Waals surface area contributed by atoms with E-state index in [2.05, 4.69) is 31.7 Å². The van der Waals surface area contributed by atoms with Gasteiger partial charge < -0.3 is 5.32 Å². The third-order valence-electron chi connectivity index (χ3n) is 2.29. The minimum Gasteiger partial charge on any atom is -0.364 e. The predicted octanol–water partition coefficient (Wildman–Crippen LogP) is 3.27. The van der Waals surface area contributed by atoms with Crippen molar-refractivity contribution in [3.05, 3.63) is 47.2 Å². The van der Waals surface area contributed by atoms with Crippen molar-refractivity contribution in [3.63, 3.8) is 0 Å². The molecule has 0 saturated heterocycles. The van der Waals surface area contributed by atoms with Gasteiger partial charge in [0.05, 0.1) is 17.6 Å². The number of rotatable bonds is 4. The van der Waals surface area contributed by atoms with E-state index in [4.69, 9.17) is 0 Å². The fourth-order valence-corrected chi connectivity index (χ4v) is 3.13. The van der Waals surface area contributed by atoms with Crippen molar-refractivity contribution in [2.24, 2.45) is 0 Å². The molecule has 0 saturated carbocycles. The van der Waals surface area contributed by atoms with E-state index in [1.54, 1.807) is 41.3 Å². The van der Waals surface area contributed by atoms with Crippen molar-refractivity contribution in [1.82, 2.24) is 15.0 Å². The Hall–Kier alpha value is -1.79. The number of nitrogens with zero attached hydrogens (tertiary/aromatic N) is 3. The Morgan fingerprint density at radius 3 is 2.94 bits per heavy atom. The van der Waals surface area contributed by atoms with Gasteiger partial charge in [-0.3, -0.25) is 4.98 Å². The maximum Gasteiger partial charge on any atom is 0.144 e. The zero-order valence-corrected chi connectivity index (χ0v) is 11.0. The van der Waals surface area contributed by atoms with Gasteiger partial charge in [-0.1, -0.05) is 6.07 Å². The number of thiophene rings is 1. The largest absolute Gasteiger partial charge is 0.364 e. The Morgan fingerprint density at radius 2 is 2.17 bits per heavy atom. The van der Waals surface area contributed by atoms with Gasteiger partial charge in [0.25, 0.3) is 0 Å². The first-order valence-corrected chi connectivity index (χ1v) is 7.10. The molecule has 3 aromatic heterocycles. The van der Waals surface area contributed by atoms with Gasteiger partial charge in [0.2, 0.25) is 0 Å². The topological polar surface area (TPSA) is 50.7 Å². The molecule has 90 valence electrons. The highest BCUT2D eigenvalue weighted by Crippen LogP contribution is 2.28. The fraction of sp³-hybridized carbons (Fsp3) is 0.0833. The number of aromatic nitrogens is 3. The highest BCUT2D eigenvalue weighted by atomic mass is 32.1. The first-order valence-electron chi connectivity index (χ1n) is 5.40. The third kappa shape index (κ3) is 2.55. The molecule has 0 aliphatic rings. The van der Waals surface area contributed by atoms with Crippen LogP contribution in [0.3, 0.4) is 0 Å². The molecule has 0 radical (unpaired) electrons. The maximum absolute atomic E-state index is 4.42. The minimum absolute atomic E-state index is 0.724. The molecule has 0 aliphatic heterocycles. The van der Waals surface area contributed by atoms with E-state index in [-0.39, 0.29) is 0 Å². The van der Waals surface area contributed by atoms with Gasteiger partial charge in [0, 0.05) is 23.5 Å². The van der Waals surface area contributed by atoms with Crippen molar-refractivity contribution in [1.29, 1.82) is 0 Å². The molecular weight excluding hydrogens is 264 g/mol. The zero-order chi connectivity index (χ0) is 12.2. The summed E-state index contributed by atoms with van der Waals surface area (Å²) >= 11 is 3.41. The molecule has 0 atom stereocenters. The van der Waals surface area contributed by atoms with Crippen LogP contribution in [0.1, 0.15) is 4.88 Å². The Kier molecular flexibility index (Phi) is 3.29. The lowest BCUT2D eigenvalue weighted by atomic mass is 10.5.